The third-order valence-corrected chi connectivity index (χ3v) is 3.16. The van der Waals surface area contributed by atoms with E-state index in [-0.39, 0.29) is 16.7 Å². The molecule has 7 nitrogen and oxygen atoms in total. The molecule has 0 saturated heterocycles. The molecule has 0 unspecified atom stereocenters. The Labute approximate surface area is 131 Å². The molecule has 0 saturated carbocycles. The maximum atomic E-state index is 12.4. The molecule has 2 aromatic rings. The summed E-state index contributed by atoms with van der Waals surface area (Å²) in [4.78, 5) is 27.5. The van der Waals surface area contributed by atoms with E-state index in [1.807, 2.05) is 6.07 Å². The number of nitrogens with one attached hydrogen (secondary N) is 1. The highest BCUT2D eigenvalue weighted by Crippen LogP contribution is 2.25. The lowest BCUT2D eigenvalue weighted by Gasteiger charge is -2.15. The summed E-state index contributed by atoms with van der Waals surface area (Å²) >= 11 is 6.17. The molecule has 0 amide bonds. The summed E-state index contributed by atoms with van der Waals surface area (Å²) in [5.41, 5.74) is 5.71. The van der Waals surface area contributed by atoms with Crippen LogP contribution in [-0.2, 0) is 11.3 Å². The van der Waals surface area contributed by atoms with Crippen LogP contribution in [0.15, 0.2) is 35.1 Å². The van der Waals surface area contributed by atoms with E-state index < -0.39 is 18.1 Å². The molecule has 116 valence electrons. The largest absolute Gasteiger partial charge is 0.480 e. The van der Waals surface area contributed by atoms with E-state index in [4.69, 9.17) is 22.4 Å². The first kappa shape index (κ1) is 16.0. The molecule has 0 aliphatic heterocycles. The highest BCUT2D eigenvalue weighted by molar-refractivity contribution is 6.32. The summed E-state index contributed by atoms with van der Waals surface area (Å²) in [6, 6.07) is 8.80. The Morgan fingerprint density at radius 2 is 2.05 bits per heavy atom. The van der Waals surface area contributed by atoms with Gasteiger partial charge in [-0.3, -0.25) is 14.2 Å². The molecule has 1 aromatic heterocycles. The van der Waals surface area contributed by atoms with Crippen LogP contribution >= 0.6 is 11.6 Å². The Bertz CT molecular complexity index is 731. The van der Waals surface area contributed by atoms with Crippen LogP contribution in [0.5, 0.6) is 0 Å². The van der Waals surface area contributed by atoms with Crippen molar-refractivity contribution >= 4 is 23.4 Å². The molecular weight excluding hydrogens is 308 g/mol. The highest BCUT2D eigenvalue weighted by Gasteiger charge is 2.18. The fraction of sp³-hybridized carbons (Fsp3) is 0.214. The number of halogens is 1. The zero-order chi connectivity index (χ0) is 16.1. The van der Waals surface area contributed by atoms with Crippen LogP contribution in [-0.4, -0.2) is 33.7 Å². The maximum Gasteiger partial charge on any atom is 0.323 e. The molecule has 22 heavy (non-hydrogen) atoms. The topological polar surface area (TPSA) is 110 Å². The first-order valence-corrected chi connectivity index (χ1v) is 6.94. The molecule has 0 aliphatic rings. The molecule has 1 aromatic carbocycles. The van der Waals surface area contributed by atoms with E-state index in [0.29, 0.717) is 18.7 Å². The monoisotopic (exact) mass is 322 g/mol. The number of aliphatic carboxylic acids is 1. The van der Waals surface area contributed by atoms with Crippen LogP contribution in [0.4, 0.5) is 5.82 Å². The molecule has 0 spiro atoms. The van der Waals surface area contributed by atoms with Crippen LogP contribution in [0.3, 0.4) is 0 Å². The van der Waals surface area contributed by atoms with Crippen molar-refractivity contribution in [1.82, 2.24) is 9.55 Å². The van der Waals surface area contributed by atoms with Gasteiger partial charge in [0.25, 0.3) is 5.56 Å². The molecule has 1 heterocycles. The van der Waals surface area contributed by atoms with Gasteiger partial charge in [0.2, 0.25) is 0 Å². The van der Waals surface area contributed by atoms with Crippen LogP contribution in [0.2, 0.25) is 5.15 Å². The fourth-order valence-corrected chi connectivity index (χ4v) is 2.30. The van der Waals surface area contributed by atoms with E-state index in [1.54, 1.807) is 24.3 Å². The zero-order valence-corrected chi connectivity index (χ0v) is 12.4. The van der Waals surface area contributed by atoms with Gasteiger partial charge >= 0.3 is 5.97 Å². The van der Waals surface area contributed by atoms with Crippen molar-refractivity contribution in [3.05, 3.63) is 45.8 Å². The number of anilines is 1. The SMILES string of the molecule is NCCNc1nc(Cl)c(-c2ccccc2)n(CC(=O)O)c1=O. The van der Waals surface area contributed by atoms with Crippen molar-refractivity contribution in [2.45, 2.75) is 6.54 Å². The lowest BCUT2D eigenvalue weighted by atomic mass is 10.1. The Morgan fingerprint density at radius 3 is 2.64 bits per heavy atom. The van der Waals surface area contributed by atoms with Gasteiger partial charge in [-0.15, -0.1) is 0 Å². The molecule has 0 bridgehead atoms. The van der Waals surface area contributed by atoms with E-state index >= 15 is 0 Å². The number of nitrogens with zero attached hydrogens (tertiary/aromatic N) is 2. The molecule has 2 rings (SSSR count). The number of hydrogen-bond donors (Lipinski definition) is 3. The molecule has 0 fully saturated rings. The Balaban J connectivity index is 2.64. The van der Waals surface area contributed by atoms with Gasteiger partial charge in [0.05, 0.1) is 5.69 Å². The smallest absolute Gasteiger partial charge is 0.323 e. The van der Waals surface area contributed by atoms with Gasteiger partial charge in [0.15, 0.2) is 11.0 Å². The normalized spacial score (nSPS) is 10.5. The van der Waals surface area contributed by atoms with Crippen LogP contribution in [0.25, 0.3) is 11.3 Å². The fourth-order valence-electron chi connectivity index (χ4n) is 2.00. The predicted octanol–water partition coefficient (Wildman–Crippen LogP) is 1.02. The molecule has 0 radical (unpaired) electrons. The lowest BCUT2D eigenvalue weighted by Crippen LogP contribution is -2.30. The first-order chi connectivity index (χ1) is 10.5. The van der Waals surface area contributed by atoms with Crippen molar-refractivity contribution < 1.29 is 9.90 Å². The second-order valence-corrected chi connectivity index (χ2v) is 4.82. The number of carboxylic acids is 1. The summed E-state index contributed by atoms with van der Waals surface area (Å²) in [7, 11) is 0. The van der Waals surface area contributed by atoms with Gasteiger partial charge in [0.1, 0.15) is 6.54 Å². The molecule has 0 atom stereocenters. The van der Waals surface area contributed by atoms with Crippen LogP contribution in [0, 0.1) is 0 Å². The van der Waals surface area contributed by atoms with Crippen molar-refractivity contribution in [3.8, 4) is 11.3 Å². The molecular formula is C14H15ClN4O3. The lowest BCUT2D eigenvalue weighted by molar-refractivity contribution is -0.137. The third kappa shape index (κ3) is 3.44. The van der Waals surface area contributed by atoms with Crippen molar-refractivity contribution in [2.24, 2.45) is 5.73 Å². The molecule has 4 N–H and O–H groups in total. The summed E-state index contributed by atoms with van der Waals surface area (Å²) in [6.07, 6.45) is 0. The van der Waals surface area contributed by atoms with E-state index in [2.05, 4.69) is 10.3 Å². The van der Waals surface area contributed by atoms with E-state index in [0.717, 1.165) is 4.57 Å². The van der Waals surface area contributed by atoms with Crippen molar-refractivity contribution in [3.63, 3.8) is 0 Å². The number of carboxylic acid groups (broad SMARTS) is 1. The minimum absolute atomic E-state index is 0.0172. The Morgan fingerprint density at radius 1 is 1.36 bits per heavy atom. The average molecular weight is 323 g/mol. The van der Waals surface area contributed by atoms with Gasteiger partial charge in [-0.25, -0.2) is 4.98 Å². The molecule has 0 aliphatic carbocycles. The summed E-state index contributed by atoms with van der Waals surface area (Å²) < 4.78 is 1.09. The minimum atomic E-state index is -1.15. The maximum absolute atomic E-state index is 12.4. The van der Waals surface area contributed by atoms with Crippen LogP contribution < -0.4 is 16.6 Å². The third-order valence-electron chi connectivity index (χ3n) is 2.90. The highest BCUT2D eigenvalue weighted by atomic mass is 35.5. The van der Waals surface area contributed by atoms with Gasteiger partial charge in [-0.1, -0.05) is 41.9 Å². The number of aromatic nitrogens is 2. The minimum Gasteiger partial charge on any atom is -0.480 e. The summed E-state index contributed by atoms with van der Waals surface area (Å²) in [5.74, 6) is -1.16. The number of nitrogens with two attached hydrogens (primary N) is 1. The number of rotatable bonds is 6. The number of carbonyl (C=O) groups is 1. The second-order valence-electron chi connectivity index (χ2n) is 4.47. The van der Waals surface area contributed by atoms with Gasteiger partial charge < -0.3 is 16.2 Å². The van der Waals surface area contributed by atoms with Gasteiger partial charge in [0, 0.05) is 18.7 Å². The van der Waals surface area contributed by atoms with Gasteiger partial charge in [-0.2, -0.15) is 0 Å². The first-order valence-electron chi connectivity index (χ1n) is 6.56. The Hall–Kier alpha value is -2.38. The number of hydrogen-bond acceptors (Lipinski definition) is 5. The predicted molar refractivity (Wildman–Crippen MR) is 84.1 cm³/mol. The molecule has 8 heteroatoms. The van der Waals surface area contributed by atoms with Crippen molar-refractivity contribution in [1.29, 1.82) is 0 Å². The second kappa shape index (κ2) is 7.06. The van der Waals surface area contributed by atoms with E-state index in [1.165, 1.54) is 0 Å². The van der Waals surface area contributed by atoms with Gasteiger partial charge in [-0.05, 0) is 0 Å². The number of benzene rings is 1. The standard InChI is InChI=1S/C14H15ClN4O3/c15-12-11(9-4-2-1-3-5-9)19(8-10(20)21)14(22)13(18-12)17-7-6-16/h1-5H,6-8,16H2,(H,17,18)(H,20,21). The van der Waals surface area contributed by atoms with E-state index in [9.17, 15) is 9.59 Å². The zero-order valence-electron chi connectivity index (χ0n) is 11.6. The quantitative estimate of drug-likeness (QED) is 0.732. The van der Waals surface area contributed by atoms with Crippen molar-refractivity contribution in [2.75, 3.05) is 18.4 Å². The Kier molecular flexibility index (Phi) is 5.13. The average Bonchev–Trinajstić information content (AvgIpc) is 2.49. The summed E-state index contributed by atoms with van der Waals surface area (Å²) in [6.45, 7) is 0.122. The van der Waals surface area contributed by atoms with Crippen LogP contribution in [0.1, 0.15) is 0 Å². The summed E-state index contributed by atoms with van der Waals surface area (Å²) in [5, 5.41) is 11.9.